The Balaban J connectivity index is 0.000000133. The Morgan fingerprint density at radius 1 is 0.207 bits per heavy atom. The van der Waals surface area contributed by atoms with Crippen molar-refractivity contribution in [3.05, 3.63) is 167 Å². The fourth-order valence-electron chi connectivity index (χ4n) is 7.30. The Bertz CT molecular complexity index is 3020. The van der Waals surface area contributed by atoms with Gasteiger partial charge in [0.15, 0.2) is 0 Å². The summed E-state index contributed by atoms with van der Waals surface area (Å²) >= 11 is 0. The third-order valence-corrected chi connectivity index (χ3v) is 10.0. The molecule has 4 aliphatic heterocycles. The standard InChI is InChI=1S/2C24H17N5/c2*1-2-16-12-18-4-6-20(27-18)14-22-8-10-24(29-22)23-9-7-21(28-23)13-19-5-3-17(26-19)11-15(1)25-16/h2*1-14,25-27H. The van der Waals surface area contributed by atoms with Crippen molar-refractivity contribution in [2.45, 2.75) is 0 Å². The van der Waals surface area contributed by atoms with E-state index in [9.17, 15) is 0 Å². The smallest absolute Gasteiger partial charge is 0.0894 e. The van der Waals surface area contributed by atoms with Crippen molar-refractivity contribution in [2.24, 2.45) is 0 Å². The van der Waals surface area contributed by atoms with Gasteiger partial charge in [-0.05, 0) is 170 Å². The molecule has 0 fully saturated rings. The first-order valence-electron chi connectivity index (χ1n) is 19.0. The minimum absolute atomic E-state index is 0.881. The molecule has 276 valence electrons. The summed E-state index contributed by atoms with van der Waals surface area (Å²) in [5.74, 6) is 0. The van der Waals surface area contributed by atoms with E-state index in [2.05, 4.69) is 127 Å². The average Bonchev–Trinajstić information content (AvgIpc) is 4.05. The first-order chi connectivity index (χ1) is 28.5. The molecule has 0 radical (unpaired) electrons. The Kier molecular flexibility index (Phi) is 7.88. The summed E-state index contributed by atoms with van der Waals surface area (Å²) in [5.41, 5.74) is 19.5. The molecule has 6 N–H and O–H groups in total. The molecule has 0 atom stereocenters. The number of hydrogen-bond acceptors (Lipinski definition) is 4. The number of aromatic amines is 6. The summed E-state index contributed by atoms with van der Waals surface area (Å²) in [6, 6.07) is 41.3. The van der Waals surface area contributed by atoms with Crippen LogP contribution in [0, 0.1) is 0 Å². The molecule has 0 aromatic carbocycles. The fourth-order valence-corrected chi connectivity index (χ4v) is 7.30. The Morgan fingerprint density at radius 2 is 0.379 bits per heavy atom. The molecular weight excluding hydrogens is 717 g/mol. The number of aromatic nitrogens is 10. The molecule has 0 amide bonds. The van der Waals surface area contributed by atoms with Gasteiger partial charge in [-0.3, -0.25) is 0 Å². The zero-order chi connectivity index (χ0) is 38.4. The van der Waals surface area contributed by atoms with Gasteiger partial charge in [0.1, 0.15) is 0 Å². The van der Waals surface area contributed by atoms with Crippen molar-refractivity contribution >= 4 is 115 Å². The average molecular weight is 751 g/mol. The van der Waals surface area contributed by atoms with Crippen LogP contribution in [0.4, 0.5) is 0 Å². The number of hydrogen-bond donors (Lipinski definition) is 6. The summed E-state index contributed by atoms with van der Waals surface area (Å²) in [4.78, 5) is 39.4. The van der Waals surface area contributed by atoms with Gasteiger partial charge >= 0.3 is 0 Å². The van der Waals surface area contributed by atoms with E-state index in [0.717, 1.165) is 112 Å². The third kappa shape index (κ3) is 7.04. The number of nitrogens with one attached hydrogen (secondary N) is 6. The maximum absolute atomic E-state index is 4.71. The first-order valence-corrected chi connectivity index (χ1v) is 19.0. The summed E-state index contributed by atoms with van der Waals surface area (Å²) in [6.45, 7) is 0. The molecule has 0 unspecified atom stereocenters. The number of H-pyrrole nitrogens is 6. The van der Waals surface area contributed by atoms with Crippen LogP contribution in [0.25, 0.3) is 115 Å². The van der Waals surface area contributed by atoms with Gasteiger partial charge in [0, 0.05) is 66.2 Å². The molecule has 10 nitrogen and oxygen atoms in total. The van der Waals surface area contributed by atoms with Gasteiger partial charge in [0.05, 0.1) is 45.6 Å². The van der Waals surface area contributed by atoms with E-state index in [0.29, 0.717) is 0 Å². The Hall–Kier alpha value is -8.24. The summed E-state index contributed by atoms with van der Waals surface area (Å²) in [7, 11) is 0. The van der Waals surface area contributed by atoms with Crippen LogP contribution >= 0.6 is 0 Å². The van der Waals surface area contributed by atoms with Gasteiger partial charge in [-0.25, -0.2) is 19.9 Å². The molecule has 12 rings (SSSR count). The van der Waals surface area contributed by atoms with Crippen LogP contribution in [0.3, 0.4) is 0 Å². The van der Waals surface area contributed by atoms with E-state index in [-0.39, 0.29) is 0 Å². The van der Waals surface area contributed by atoms with E-state index in [1.807, 2.05) is 72.9 Å². The largest absolute Gasteiger partial charge is 0.355 e. The molecule has 20 bridgehead atoms. The van der Waals surface area contributed by atoms with Crippen LogP contribution in [0.2, 0.25) is 0 Å². The highest BCUT2D eigenvalue weighted by molar-refractivity contribution is 5.83. The normalized spacial score (nSPS) is 12.6. The van der Waals surface area contributed by atoms with Crippen molar-refractivity contribution in [3.8, 4) is 0 Å². The monoisotopic (exact) mass is 750 g/mol. The van der Waals surface area contributed by atoms with Crippen LogP contribution < -0.4 is 0 Å². The topological polar surface area (TPSA) is 146 Å². The second-order valence-corrected chi connectivity index (χ2v) is 14.4. The Morgan fingerprint density at radius 3 is 0.569 bits per heavy atom. The van der Waals surface area contributed by atoms with Crippen molar-refractivity contribution in [2.75, 3.05) is 0 Å². The van der Waals surface area contributed by atoms with E-state index in [4.69, 9.17) is 19.9 Å². The molecule has 10 heteroatoms. The van der Waals surface area contributed by atoms with E-state index in [1.54, 1.807) is 0 Å². The maximum atomic E-state index is 4.71. The Labute approximate surface area is 330 Å². The lowest BCUT2D eigenvalue weighted by Gasteiger charge is -1.87. The van der Waals surface area contributed by atoms with E-state index < -0.39 is 0 Å². The predicted octanol–water partition coefficient (Wildman–Crippen LogP) is 11.4. The van der Waals surface area contributed by atoms with E-state index >= 15 is 0 Å². The lowest BCUT2D eigenvalue weighted by atomic mass is 10.3. The SMILES string of the molecule is C1=Cc2nc1cc1ccc(cc3ccc(cc4ccc(cc5nc2C=C5)[nH]4)[nH]3)[nH]1.C1=Cc2nc1cc1ccc(cc3ccc(cc4ccc(cc5nc2C=C5)[nH]4)[nH]3)[nH]1. The summed E-state index contributed by atoms with van der Waals surface area (Å²) < 4.78 is 0. The zero-order valence-corrected chi connectivity index (χ0v) is 31.0. The van der Waals surface area contributed by atoms with Crippen LogP contribution in [0.1, 0.15) is 45.6 Å². The lowest BCUT2D eigenvalue weighted by Crippen LogP contribution is -1.81. The molecule has 0 saturated carbocycles. The summed E-state index contributed by atoms with van der Waals surface area (Å²) in [5, 5.41) is 0. The predicted molar refractivity (Wildman–Crippen MR) is 239 cm³/mol. The quantitative estimate of drug-likeness (QED) is 0.0915. The van der Waals surface area contributed by atoms with Gasteiger partial charge in [-0.1, -0.05) is 0 Å². The molecular formula is C48H34N10. The summed E-state index contributed by atoms with van der Waals surface area (Å²) in [6.07, 6.45) is 16.1. The van der Waals surface area contributed by atoms with Crippen LogP contribution in [-0.2, 0) is 0 Å². The highest BCUT2D eigenvalue weighted by Gasteiger charge is 2.09. The second kappa shape index (κ2) is 13.8. The van der Waals surface area contributed by atoms with Crippen LogP contribution in [-0.4, -0.2) is 49.8 Å². The van der Waals surface area contributed by atoms with Crippen molar-refractivity contribution in [1.82, 2.24) is 49.8 Å². The number of nitrogens with zero attached hydrogens (tertiary/aromatic N) is 4. The minimum atomic E-state index is 0.881. The van der Waals surface area contributed by atoms with Gasteiger partial charge < -0.3 is 29.9 Å². The van der Waals surface area contributed by atoms with Crippen LogP contribution in [0.5, 0.6) is 0 Å². The molecule has 8 aromatic heterocycles. The fraction of sp³-hybridized carbons (Fsp3) is 0. The molecule has 8 aromatic rings. The van der Waals surface area contributed by atoms with Gasteiger partial charge in [-0.15, -0.1) is 0 Å². The highest BCUT2D eigenvalue weighted by atomic mass is 14.8. The second-order valence-electron chi connectivity index (χ2n) is 14.4. The minimum Gasteiger partial charge on any atom is -0.355 e. The van der Waals surface area contributed by atoms with Gasteiger partial charge in [-0.2, -0.15) is 0 Å². The lowest BCUT2D eigenvalue weighted by molar-refractivity contribution is 1.23. The van der Waals surface area contributed by atoms with Gasteiger partial charge in [0.2, 0.25) is 0 Å². The molecule has 4 aliphatic rings. The number of rotatable bonds is 0. The highest BCUT2D eigenvalue weighted by Crippen LogP contribution is 2.22. The molecule has 0 spiro atoms. The third-order valence-electron chi connectivity index (χ3n) is 10.0. The molecule has 12 heterocycles. The van der Waals surface area contributed by atoms with Crippen molar-refractivity contribution < 1.29 is 0 Å². The first kappa shape index (κ1) is 33.1. The van der Waals surface area contributed by atoms with E-state index in [1.165, 1.54) is 0 Å². The van der Waals surface area contributed by atoms with Gasteiger partial charge in [0.25, 0.3) is 0 Å². The number of fused-ring (bicyclic) bond motifs is 22. The van der Waals surface area contributed by atoms with Crippen LogP contribution in [0.15, 0.2) is 121 Å². The maximum Gasteiger partial charge on any atom is 0.0894 e. The molecule has 58 heavy (non-hydrogen) atoms. The zero-order valence-electron chi connectivity index (χ0n) is 31.0. The molecule has 0 saturated heterocycles. The molecule has 0 aliphatic carbocycles. The van der Waals surface area contributed by atoms with Crippen molar-refractivity contribution in [1.29, 1.82) is 0 Å². The van der Waals surface area contributed by atoms with Crippen molar-refractivity contribution in [3.63, 3.8) is 0 Å².